The van der Waals surface area contributed by atoms with E-state index >= 15 is 0 Å². The molecule has 12 rings (SSSR count). The first-order chi connectivity index (χ1) is 46.9. The summed E-state index contributed by atoms with van der Waals surface area (Å²) < 4.78 is 0. The van der Waals surface area contributed by atoms with E-state index in [-0.39, 0.29) is 75.8 Å². The molecule has 0 amide bonds. The standard InChI is InChI=1S/C97H106N3.Ir/c1-91(2,3)71-42-45-98-88(59-71)63-36-34-62(35-37-63)78-28-22-23-29-79(78)66-48-67(80-30-24-26-32-82(80)84-40-38-64(89-60-72(43-46-99-89)92(4,5)6)55-86(84)69-51-74(94(10,11)12)57-75(52-69)95(13,14)15)50-68(49-66)81-31-25-27-33-83(81)85-41-39-65(90-61-73(44-47-100-90)93(7,8)9)56-87(85)70-53-76(96(16,17)18)58-77(54-70)97(19,20)21;/h22-36,40-47,51-61,66-68H,48-50H2,1-21H3;/q-3;+3. The molecule has 1 aliphatic rings. The topological polar surface area (TPSA) is 38.7 Å². The first-order valence-corrected chi connectivity index (χ1v) is 36.6. The predicted molar refractivity (Wildman–Crippen MR) is 426 cm³/mol. The molecule has 1 aliphatic carbocycles. The first-order valence-electron chi connectivity index (χ1n) is 36.6. The van der Waals surface area contributed by atoms with Crippen molar-refractivity contribution in [3.05, 3.63) is 280 Å². The van der Waals surface area contributed by atoms with Crippen LogP contribution in [0.3, 0.4) is 0 Å². The Bertz CT molecular complexity index is 4500. The Morgan fingerprint density at radius 2 is 0.554 bits per heavy atom. The molecule has 518 valence electrons. The summed E-state index contributed by atoms with van der Waals surface area (Å²) in [6.45, 7) is 48.6. The van der Waals surface area contributed by atoms with Gasteiger partial charge in [-0.05, 0) is 177 Å². The fourth-order valence-electron chi connectivity index (χ4n) is 14.8. The van der Waals surface area contributed by atoms with Crippen molar-refractivity contribution in [2.45, 2.75) is 220 Å². The van der Waals surface area contributed by atoms with Gasteiger partial charge in [-0.25, -0.2) is 0 Å². The summed E-state index contributed by atoms with van der Waals surface area (Å²) in [5.41, 5.74) is 30.6. The van der Waals surface area contributed by atoms with Crippen LogP contribution >= 0.6 is 0 Å². The van der Waals surface area contributed by atoms with Gasteiger partial charge < -0.3 is 15.0 Å². The van der Waals surface area contributed by atoms with Crippen LogP contribution in [0.25, 0.3) is 89.4 Å². The van der Waals surface area contributed by atoms with Gasteiger partial charge in [-0.15, -0.1) is 77.4 Å². The molecule has 8 aromatic carbocycles. The third-order valence-corrected chi connectivity index (χ3v) is 21.2. The van der Waals surface area contributed by atoms with Crippen LogP contribution < -0.4 is 0 Å². The van der Waals surface area contributed by atoms with Crippen LogP contribution in [0.5, 0.6) is 0 Å². The fourth-order valence-corrected chi connectivity index (χ4v) is 14.8. The van der Waals surface area contributed by atoms with E-state index in [9.17, 15) is 0 Å². The minimum Gasteiger partial charge on any atom is -0.305 e. The van der Waals surface area contributed by atoms with Crippen molar-refractivity contribution >= 4 is 0 Å². The minimum atomic E-state index is -0.0869. The van der Waals surface area contributed by atoms with Crippen LogP contribution in [-0.2, 0) is 58.0 Å². The van der Waals surface area contributed by atoms with E-state index in [2.05, 4.69) is 352 Å². The van der Waals surface area contributed by atoms with Gasteiger partial charge in [0.15, 0.2) is 0 Å². The van der Waals surface area contributed by atoms with Crippen LogP contribution in [-0.4, -0.2) is 15.0 Å². The number of aromatic nitrogens is 3. The maximum Gasteiger partial charge on any atom is 3.00 e. The third kappa shape index (κ3) is 16.4. The molecule has 101 heavy (non-hydrogen) atoms. The molecule has 0 radical (unpaired) electrons. The molecule has 0 saturated heterocycles. The molecule has 0 aliphatic heterocycles. The number of hydrogen-bond donors (Lipinski definition) is 0. The van der Waals surface area contributed by atoms with Gasteiger partial charge in [0, 0.05) is 18.6 Å². The molecule has 0 bridgehead atoms. The quantitative estimate of drug-likeness (QED) is 0.121. The van der Waals surface area contributed by atoms with E-state index in [1.807, 2.05) is 18.6 Å². The maximum absolute atomic E-state index is 5.06. The monoisotopic (exact) mass is 1510 g/mol. The Labute approximate surface area is 621 Å². The molecule has 2 atom stereocenters. The van der Waals surface area contributed by atoms with Gasteiger partial charge in [0.05, 0.1) is 0 Å². The van der Waals surface area contributed by atoms with Crippen LogP contribution in [0.2, 0.25) is 0 Å². The number of pyridine rings is 3. The van der Waals surface area contributed by atoms with Crippen molar-refractivity contribution < 1.29 is 20.1 Å². The summed E-state index contributed by atoms with van der Waals surface area (Å²) in [5, 5.41) is 0. The maximum atomic E-state index is 5.06. The molecule has 3 nitrogen and oxygen atoms in total. The van der Waals surface area contributed by atoms with Crippen LogP contribution in [0.4, 0.5) is 0 Å². The number of benzene rings is 8. The summed E-state index contributed by atoms with van der Waals surface area (Å²) >= 11 is 0. The zero-order chi connectivity index (χ0) is 71.6. The van der Waals surface area contributed by atoms with Crippen molar-refractivity contribution in [3.63, 3.8) is 0 Å². The molecule has 3 aromatic heterocycles. The summed E-state index contributed by atoms with van der Waals surface area (Å²) in [6, 6.07) is 83.6. The number of nitrogens with zero attached hydrogens (tertiary/aromatic N) is 3. The van der Waals surface area contributed by atoms with E-state index in [1.165, 1.54) is 106 Å². The van der Waals surface area contributed by atoms with Crippen LogP contribution in [0.15, 0.2) is 207 Å². The van der Waals surface area contributed by atoms with E-state index in [4.69, 9.17) is 15.0 Å². The number of hydrogen-bond acceptors (Lipinski definition) is 3. The van der Waals surface area contributed by atoms with E-state index < -0.39 is 0 Å². The van der Waals surface area contributed by atoms with Crippen LogP contribution in [0.1, 0.15) is 238 Å². The number of rotatable bonds is 11. The van der Waals surface area contributed by atoms with Crippen molar-refractivity contribution in [2.75, 3.05) is 0 Å². The Morgan fingerprint density at radius 1 is 0.257 bits per heavy atom. The molecule has 1 fully saturated rings. The minimum absolute atomic E-state index is 0. The van der Waals surface area contributed by atoms with Gasteiger partial charge in [-0.2, -0.15) is 0 Å². The summed E-state index contributed by atoms with van der Waals surface area (Å²) in [6.07, 6.45) is 8.78. The van der Waals surface area contributed by atoms with Crippen molar-refractivity contribution in [1.29, 1.82) is 0 Å². The molecule has 3 heterocycles. The second kappa shape index (κ2) is 28.2. The van der Waals surface area contributed by atoms with Crippen LogP contribution in [0, 0.1) is 18.2 Å². The van der Waals surface area contributed by atoms with Gasteiger partial charge in [0.25, 0.3) is 0 Å². The van der Waals surface area contributed by atoms with E-state index in [0.717, 1.165) is 58.6 Å². The molecule has 1 saturated carbocycles. The Kier molecular flexibility index (Phi) is 20.7. The average Bonchev–Trinajstić information content (AvgIpc) is 0.760. The van der Waals surface area contributed by atoms with E-state index in [1.54, 1.807) is 0 Å². The van der Waals surface area contributed by atoms with Gasteiger partial charge in [-0.3, -0.25) is 0 Å². The van der Waals surface area contributed by atoms with Crippen molar-refractivity contribution in [1.82, 2.24) is 15.0 Å². The molecular formula is C97H106IrN3. The molecule has 11 aromatic rings. The fraction of sp³-hybridized carbons (Fsp3) is 0.351. The second-order valence-corrected chi connectivity index (χ2v) is 36.0. The second-order valence-electron chi connectivity index (χ2n) is 36.0. The van der Waals surface area contributed by atoms with Gasteiger partial charge in [0.2, 0.25) is 0 Å². The summed E-state index contributed by atoms with van der Waals surface area (Å²) in [4.78, 5) is 15.0. The summed E-state index contributed by atoms with van der Waals surface area (Å²) in [7, 11) is 0. The SMILES string of the molecule is CC(C)(C)c1cc(-c2cc(-c3cc(C(C)(C)C)ccn3)[c-]cc2-c2ccccc2C2CC(c3ccccc3-c3c[c-]c(-c4cc(C(C)(C)C)ccn4)cc3)CC(c3ccccc3-c3c[c-]c(-c4cc(C(C)(C)C)ccn4)cc3-c3cc(C(C)(C)C)cc(C(C)(C)C)c3)C2)cc(C(C)(C)C)c1.[Ir+3]. The van der Waals surface area contributed by atoms with Gasteiger partial charge >= 0.3 is 20.1 Å². The van der Waals surface area contributed by atoms with Gasteiger partial charge in [0.1, 0.15) is 0 Å². The van der Waals surface area contributed by atoms with Crippen molar-refractivity contribution in [3.8, 4) is 89.4 Å². The van der Waals surface area contributed by atoms with E-state index in [0.29, 0.717) is 0 Å². The first kappa shape index (κ1) is 74.1. The molecule has 4 heteroatoms. The smallest absolute Gasteiger partial charge is 0.305 e. The third-order valence-electron chi connectivity index (χ3n) is 21.2. The normalized spacial score (nSPS) is 15.7. The van der Waals surface area contributed by atoms with Gasteiger partial charge in [-0.1, -0.05) is 317 Å². The zero-order valence-corrected chi connectivity index (χ0v) is 66.6. The Morgan fingerprint density at radius 3 is 0.871 bits per heavy atom. The average molecular weight is 1510 g/mol. The molecule has 0 N–H and O–H groups in total. The molecular weight excluding hydrogens is 1400 g/mol. The predicted octanol–water partition coefficient (Wildman–Crippen LogP) is 26.5. The molecule has 0 spiro atoms. The van der Waals surface area contributed by atoms with Crippen molar-refractivity contribution in [2.24, 2.45) is 0 Å². The Balaban J connectivity index is 0.0000103. The Hall–Kier alpha value is -8.14. The zero-order valence-electron chi connectivity index (χ0n) is 64.2. The largest absolute Gasteiger partial charge is 3.00 e. The summed E-state index contributed by atoms with van der Waals surface area (Å²) in [5.74, 6) is 0.505. The molecule has 2 unspecified atom stereocenters.